The van der Waals surface area contributed by atoms with Gasteiger partial charge >= 0.3 is 0 Å². The molecule has 0 aromatic heterocycles. The maximum absolute atomic E-state index is 5.93. The summed E-state index contributed by atoms with van der Waals surface area (Å²) in [7, 11) is 3.24. The molecule has 1 heterocycles. The van der Waals surface area contributed by atoms with Crippen molar-refractivity contribution in [2.24, 2.45) is 5.16 Å². The van der Waals surface area contributed by atoms with Gasteiger partial charge < -0.3 is 23.8 Å². The first-order valence-corrected chi connectivity index (χ1v) is 10.9. The zero-order valence-corrected chi connectivity index (χ0v) is 19.4. The molecule has 1 aliphatic heterocycles. The Morgan fingerprint density at radius 2 is 1.41 bits per heavy atom. The van der Waals surface area contributed by atoms with Crippen LogP contribution in [0.25, 0.3) is 12.2 Å². The van der Waals surface area contributed by atoms with Gasteiger partial charge in [-0.05, 0) is 37.5 Å². The molecule has 0 bridgehead atoms. The highest BCUT2D eigenvalue weighted by Crippen LogP contribution is 2.28. The first-order chi connectivity index (χ1) is 15.5. The van der Waals surface area contributed by atoms with Gasteiger partial charge in [-0.15, -0.1) is 0 Å². The molecule has 2 aromatic rings. The van der Waals surface area contributed by atoms with E-state index in [1.54, 1.807) is 20.4 Å². The van der Waals surface area contributed by atoms with Crippen LogP contribution in [-0.4, -0.2) is 57.7 Å². The third-order valence-corrected chi connectivity index (χ3v) is 5.48. The van der Waals surface area contributed by atoms with Crippen molar-refractivity contribution in [1.82, 2.24) is 0 Å². The van der Waals surface area contributed by atoms with Crippen LogP contribution >= 0.6 is 0 Å². The number of hydrogen-bond donors (Lipinski definition) is 0. The minimum absolute atomic E-state index is 0.220. The standard InChI is InChI=1S/C26H33NO5/c1-6-30-24-23(28-4)19(3)31-26(25(24)29-5)32-27-17-22-15-13-21(14-16-22)12-11-20-9-7-18(2)8-10-20/h7-17,19,23-26H,6H2,1-5H3. The molecular weight excluding hydrogens is 406 g/mol. The van der Waals surface area contributed by atoms with Gasteiger partial charge in [-0.1, -0.05) is 71.4 Å². The van der Waals surface area contributed by atoms with Gasteiger partial charge in [0.25, 0.3) is 6.29 Å². The van der Waals surface area contributed by atoms with Crippen LogP contribution in [0.15, 0.2) is 53.7 Å². The fourth-order valence-corrected chi connectivity index (χ4v) is 3.73. The molecule has 1 aliphatic rings. The van der Waals surface area contributed by atoms with E-state index in [9.17, 15) is 0 Å². The molecule has 0 saturated carbocycles. The Kier molecular flexibility index (Phi) is 9.00. The highest BCUT2D eigenvalue weighted by Gasteiger charge is 2.47. The van der Waals surface area contributed by atoms with Gasteiger partial charge in [0, 0.05) is 20.8 Å². The lowest BCUT2D eigenvalue weighted by Gasteiger charge is -2.42. The lowest BCUT2D eigenvalue weighted by atomic mass is 9.99. The molecule has 1 fully saturated rings. The molecule has 1 saturated heterocycles. The second kappa shape index (κ2) is 11.9. The zero-order valence-electron chi connectivity index (χ0n) is 19.4. The Morgan fingerprint density at radius 1 is 0.844 bits per heavy atom. The number of ether oxygens (including phenoxy) is 4. The minimum Gasteiger partial charge on any atom is -0.376 e. The van der Waals surface area contributed by atoms with Crippen molar-refractivity contribution in [1.29, 1.82) is 0 Å². The van der Waals surface area contributed by atoms with Crippen molar-refractivity contribution in [2.45, 2.75) is 51.5 Å². The highest BCUT2D eigenvalue weighted by molar-refractivity contribution is 5.80. The van der Waals surface area contributed by atoms with Crippen molar-refractivity contribution >= 4 is 18.4 Å². The van der Waals surface area contributed by atoms with E-state index in [-0.39, 0.29) is 18.3 Å². The van der Waals surface area contributed by atoms with Crippen molar-refractivity contribution < 1.29 is 23.8 Å². The summed E-state index contributed by atoms with van der Waals surface area (Å²) in [6.07, 6.45) is 3.92. The summed E-state index contributed by atoms with van der Waals surface area (Å²) >= 11 is 0. The van der Waals surface area contributed by atoms with Crippen molar-refractivity contribution in [3.05, 3.63) is 70.8 Å². The maximum Gasteiger partial charge on any atom is 0.256 e. The molecule has 6 heteroatoms. The van der Waals surface area contributed by atoms with Gasteiger partial charge in [-0.2, -0.15) is 0 Å². The van der Waals surface area contributed by atoms with Crippen LogP contribution in [0.5, 0.6) is 0 Å². The van der Waals surface area contributed by atoms with E-state index in [1.165, 1.54) is 11.1 Å². The summed E-state index contributed by atoms with van der Waals surface area (Å²) in [5, 5.41) is 4.13. The Balaban J connectivity index is 1.60. The average molecular weight is 440 g/mol. The highest BCUT2D eigenvalue weighted by atomic mass is 16.8. The van der Waals surface area contributed by atoms with Crippen LogP contribution in [-0.2, 0) is 23.8 Å². The predicted molar refractivity (Wildman–Crippen MR) is 127 cm³/mol. The van der Waals surface area contributed by atoms with Crippen LogP contribution in [0.4, 0.5) is 0 Å². The number of rotatable bonds is 9. The normalized spacial score (nSPS) is 26.1. The summed E-state index contributed by atoms with van der Waals surface area (Å²) in [5.74, 6) is 0. The molecular formula is C26H33NO5. The van der Waals surface area contributed by atoms with Crippen LogP contribution in [0.1, 0.15) is 36.1 Å². The monoisotopic (exact) mass is 439 g/mol. The number of oxime groups is 1. The van der Waals surface area contributed by atoms with E-state index in [4.69, 9.17) is 23.8 Å². The first kappa shape index (κ1) is 24.1. The van der Waals surface area contributed by atoms with E-state index < -0.39 is 12.4 Å². The lowest BCUT2D eigenvalue weighted by molar-refractivity contribution is -0.308. The van der Waals surface area contributed by atoms with Gasteiger partial charge in [0.1, 0.15) is 12.2 Å². The predicted octanol–water partition coefficient (Wildman–Crippen LogP) is 4.70. The smallest absolute Gasteiger partial charge is 0.256 e. The van der Waals surface area contributed by atoms with Gasteiger partial charge in [-0.3, -0.25) is 0 Å². The summed E-state index contributed by atoms with van der Waals surface area (Å²) in [4.78, 5) is 5.65. The fraction of sp³-hybridized carbons (Fsp3) is 0.423. The fourth-order valence-electron chi connectivity index (χ4n) is 3.73. The van der Waals surface area contributed by atoms with Crippen molar-refractivity contribution in [2.75, 3.05) is 20.8 Å². The quantitative estimate of drug-likeness (QED) is 0.322. The summed E-state index contributed by atoms with van der Waals surface area (Å²) in [6, 6.07) is 16.5. The third-order valence-electron chi connectivity index (χ3n) is 5.48. The topological polar surface area (TPSA) is 58.5 Å². The number of benzene rings is 2. The summed E-state index contributed by atoms with van der Waals surface area (Å²) in [5.41, 5.74) is 4.46. The van der Waals surface area contributed by atoms with Crippen LogP contribution < -0.4 is 0 Å². The Hall–Kier alpha value is -2.51. The Morgan fingerprint density at radius 3 is 1.97 bits per heavy atom. The second-order valence-electron chi connectivity index (χ2n) is 7.78. The lowest BCUT2D eigenvalue weighted by Crippen LogP contribution is -2.59. The average Bonchev–Trinajstić information content (AvgIpc) is 2.80. The molecule has 0 spiro atoms. The van der Waals surface area contributed by atoms with Crippen molar-refractivity contribution in [3.63, 3.8) is 0 Å². The number of methoxy groups -OCH3 is 2. The molecule has 2 aromatic carbocycles. The molecule has 0 N–H and O–H groups in total. The van der Waals surface area contributed by atoms with E-state index in [0.717, 1.165) is 11.1 Å². The molecule has 5 atom stereocenters. The van der Waals surface area contributed by atoms with E-state index in [2.05, 4.69) is 48.5 Å². The Labute approximate surface area is 190 Å². The summed E-state index contributed by atoms with van der Waals surface area (Å²) in [6.45, 7) is 6.49. The van der Waals surface area contributed by atoms with Crippen LogP contribution in [0.2, 0.25) is 0 Å². The molecule has 3 rings (SSSR count). The Bertz CT molecular complexity index is 878. The second-order valence-corrected chi connectivity index (χ2v) is 7.78. The minimum atomic E-state index is -0.689. The van der Waals surface area contributed by atoms with E-state index in [1.807, 2.05) is 38.1 Å². The molecule has 32 heavy (non-hydrogen) atoms. The van der Waals surface area contributed by atoms with Gasteiger partial charge in [0.2, 0.25) is 0 Å². The molecule has 0 amide bonds. The zero-order chi connectivity index (χ0) is 22.9. The van der Waals surface area contributed by atoms with E-state index >= 15 is 0 Å². The number of aryl methyl sites for hydroxylation is 1. The largest absolute Gasteiger partial charge is 0.376 e. The molecule has 6 nitrogen and oxygen atoms in total. The van der Waals surface area contributed by atoms with Crippen LogP contribution in [0, 0.1) is 6.92 Å². The van der Waals surface area contributed by atoms with Crippen molar-refractivity contribution in [3.8, 4) is 0 Å². The van der Waals surface area contributed by atoms with E-state index in [0.29, 0.717) is 6.61 Å². The van der Waals surface area contributed by atoms with Crippen LogP contribution in [0.3, 0.4) is 0 Å². The third kappa shape index (κ3) is 6.26. The molecule has 5 unspecified atom stereocenters. The van der Waals surface area contributed by atoms with Gasteiger partial charge in [0.15, 0.2) is 6.10 Å². The van der Waals surface area contributed by atoms with Gasteiger partial charge in [0.05, 0.1) is 12.3 Å². The number of hydrogen-bond acceptors (Lipinski definition) is 6. The molecule has 0 radical (unpaired) electrons. The summed E-state index contributed by atoms with van der Waals surface area (Å²) < 4.78 is 23.0. The maximum atomic E-state index is 5.93. The SMILES string of the molecule is CCOC1C(OC)C(C)OC(ON=Cc2ccc(C=Cc3ccc(C)cc3)cc2)C1OC. The number of nitrogens with zero attached hydrogens (tertiary/aromatic N) is 1. The molecule has 172 valence electrons. The van der Waals surface area contributed by atoms with Gasteiger partial charge in [-0.25, -0.2) is 0 Å². The first-order valence-electron chi connectivity index (χ1n) is 10.9. The molecule has 0 aliphatic carbocycles.